The second kappa shape index (κ2) is 11.4. The van der Waals surface area contributed by atoms with Crippen LogP contribution in [-0.2, 0) is 16.1 Å². The molecule has 8 nitrogen and oxygen atoms in total. The van der Waals surface area contributed by atoms with Crippen LogP contribution in [0.15, 0.2) is 34.7 Å². The van der Waals surface area contributed by atoms with Gasteiger partial charge in [-0.2, -0.15) is 0 Å². The van der Waals surface area contributed by atoms with E-state index in [0.29, 0.717) is 27.1 Å². The third-order valence-electron chi connectivity index (χ3n) is 4.46. The van der Waals surface area contributed by atoms with Crippen LogP contribution in [0.25, 0.3) is 0 Å². The summed E-state index contributed by atoms with van der Waals surface area (Å²) in [7, 11) is 0. The Morgan fingerprint density at radius 2 is 1.74 bits per heavy atom. The van der Waals surface area contributed by atoms with Crippen molar-refractivity contribution in [2.75, 3.05) is 18.5 Å². The largest absolute Gasteiger partial charge is 0.484 e. The minimum Gasteiger partial charge on any atom is -0.484 e. The van der Waals surface area contributed by atoms with Gasteiger partial charge in [0.2, 0.25) is 0 Å². The molecule has 2 heterocycles. The Morgan fingerprint density at radius 3 is 2.41 bits per heavy atom. The summed E-state index contributed by atoms with van der Waals surface area (Å²) in [6.45, 7) is 5.26. The van der Waals surface area contributed by atoms with Crippen molar-refractivity contribution >= 4 is 57.4 Å². The molecule has 0 aliphatic carbocycles. The second-order valence-electron chi connectivity index (χ2n) is 6.78. The quantitative estimate of drug-likeness (QED) is 0.334. The Bertz CT molecular complexity index is 1220. The molecule has 3 aromatic rings. The number of carbonyl (C=O) groups is 3. The summed E-state index contributed by atoms with van der Waals surface area (Å²) < 4.78 is 21.3. The van der Waals surface area contributed by atoms with Crippen LogP contribution in [0.5, 0.6) is 5.75 Å². The summed E-state index contributed by atoms with van der Waals surface area (Å²) in [6.07, 6.45) is 0. The van der Waals surface area contributed by atoms with Gasteiger partial charge in [-0.3, -0.25) is 4.79 Å². The fourth-order valence-electron chi connectivity index (χ4n) is 2.93. The van der Waals surface area contributed by atoms with Crippen molar-refractivity contribution in [3.63, 3.8) is 0 Å². The molecule has 0 saturated heterocycles. The molecular weight excluding hydrogens is 505 g/mol. The smallest absolute Gasteiger partial charge is 0.348 e. The Balaban J connectivity index is 1.77. The maximum Gasteiger partial charge on any atom is 0.348 e. The van der Waals surface area contributed by atoms with Gasteiger partial charge in [-0.1, -0.05) is 23.2 Å². The lowest BCUT2D eigenvalue weighted by molar-refractivity contribution is 0.0527. The van der Waals surface area contributed by atoms with E-state index in [4.69, 9.17) is 41.8 Å². The van der Waals surface area contributed by atoms with E-state index < -0.39 is 17.8 Å². The zero-order valence-corrected chi connectivity index (χ0v) is 20.9. The number of amides is 1. The van der Waals surface area contributed by atoms with Gasteiger partial charge in [0, 0.05) is 5.02 Å². The lowest BCUT2D eigenvalue weighted by Gasteiger charge is -2.07. The molecule has 1 N–H and O–H groups in total. The molecule has 0 saturated carbocycles. The Labute approximate surface area is 209 Å². The van der Waals surface area contributed by atoms with Gasteiger partial charge in [0.05, 0.1) is 23.8 Å². The molecule has 0 radical (unpaired) electrons. The summed E-state index contributed by atoms with van der Waals surface area (Å²) >= 11 is 12.9. The third kappa shape index (κ3) is 5.91. The van der Waals surface area contributed by atoms with Crippen LogP contribution in [0.1, 0.15) is 55.8 Å². The SMILES string of the molecule is CCOC(=O)c1sc(NC(=O)c2ccc(COc3ccc(Cl)cc3Cl)o2)c(C(=O)OCC)c1C. The van der Waals surface area contributed by atoms with Crippen LogP contribution in [0, 0.1) is 6.92 Å². The van der Waals surface area contributed by atoms with Gasteiger partial charge < -0.3 is 23.9 Å². The fourth-order valence-corrected chi connectivity index (χ4v) is 4.47. The van der Waals surface area contributed by atoms with Crippen LogP contribution >= 0.6 is 34.5 Å². The molecule has 0 fully saturated rings. The first-order valence-electron chi connectivity index (χ1n) is 10.2. The van der Waals surface area contributed by atoms with Crippen LogP contribution in [0.2, 0.25) is 10.0 Å². The first kappa shape index (κ1) is 25.6. The highest BCUT2D eigenvalue weighted by Crippen LogP contribution is 2.35. The molecule has 11 heteroatoms. The molecule has 180 valence electrons. The molecule has 0 unspecified atom stereocenters. The molecule has 1 aromatic carbocycles. The molecule has 0 atom stereocenters. The molecule has 0 aliphatic rings. The maximum atomic E-state index is 12.8. The average Bonchev–Trinajstić information content (AvgIpc) is 3.38. The van der Waals surface area contributed by atoms with E-state index in [9.17, 15) is 14.4 Å². The number of thiophene rings is 1. The maximum absolute atomic E-state index is 12.8. The summed E-state index contributed by atoms with van der Waals surface area (Å²) in [6, 6.07) is 7.86. The van der Waals surface area contributed by atoms with E-state index in [0.717, 1.165) is 11.3 Å². The van der Waals surface area contributed by atoms with Gasteiger partial charge >= 0.3 is 11.9 Å². The lowest BCUT2D eigenvalue weighted by Crippen LogP contribution is -2.14. The summed E-state index contributed by atoms with van der Waals surface area (Å²) in [5, 5.41) is 3.61. The zero-order valence-electron chi connectivity index (χ0n) is 18.5. The summed E-state index contributed by atoms with van der Waals surface area (Å²) in [4.78, 5) is 37.8. The highest BCUT2D eigenvalue weighted by Gasteiger charge is 2.28. The first-order valence-corrected chi connectivity index (χ1v) is 11.8. The van der Waals surface area contributed by atoms with Crippen LogP contribution in [0.4, 0.5) is 5.00 Å². The number of ether oxygens (including phenoxy) is 3. The number of anilines is 1. The lowest BCUT2D eigenvalue weighted by atomic mass is 10.1. The van der Waals surface area contributed by atoms with E-state index in [1.165, 1.54) is 6.07 Å². The molecule has 34 heavy (non-hydrogen) atoms. The Morgan fingerprint density at radius 1 is 1.03 bits per heavy atom. The predicted octanol–water partition coefficient (Wildman–Crippen LogP) is 6.14. The van der Waals surface area contributed by atoms with Crippen molar-refractivity contribution in [2.45, 2.75) is 27.4 Å². The van der Waals surface area contributed by atoms with Crippen molar-refractivity contribution in [3.8, 4) is 5.75 Å². The van der Waals surface area contributed by atoms with E-state index in [1.807, 2.05) is 0 Å². The third-order valence-corrected chi connectivity index (χ3v) is 6.18. The number of nitrogens with one attached hydrogen (secondary N) is 1. The van der Waals surface area contributed by atoms with E-state index in [-0.39, 0.29) is 41.0 Å². The minimum atomic E-state index is -0.657. The van der Waals surface area contributed by atoms with Gasteiger partial charge in [-0.05, 0) is 56.7 Å². The number of furan rings is 1. The highest BCUT2D eigenvalue weighted by atomic mass is 35.5. The van der Waals surface area contributed by atoms with E-state index in [2.05, 4.69) is 5.32 Å². The number of hydrogen-bond acceptors (Lipinski definition) is 8. The number of benzene rings is 1. The number of esters is 2. The van der Waals surface area contributed by atoms with Crippen LogP contribution < -0.4 is 10.1 Å². The number of rotatable bonds is 9. The predicted molar refractivity (Wildman–Crippen MR) is 128 cm³/mol. The van der Waals surface area contributed by atoms with Crippen LogP contribution in [0.3, 0.4) is 0 Å². The van der Waals surface area contributed by atoms with E-state index >= 15 is 0 Å². The van der Waals surface area contributed by atoms with Crippen molar-refractivity contribution in [1.29, 1.82) is 0 Å². The molecule has 2 aromatic heterocycles. The molecule has 1 amide bonds. The average molecular weight is 526 g/mol. The standard InChI is InChI=1S/C23H21Cl2NO7S/c1-4-30-22(28)18-12(3)19(23(29)31-5-2)34-21(18)26-20(27)17-9-7-14(33-17)11-32-16-8-6-13(24)10-15(16)25/h6-10H,4-5,11H2,1-3H3,(H,26,27). The monoisotopic (exact) mass is 525 g/mol. The van der Waals surface area contributed by atoms with Crippen molar-refractivity contribution in [2.24, 2.45) is 0 Å². The number of carbonyl (C=O) groups excluding carboxylic acids is 3. The zero-order chi connectivity index (χ0) is 24.8. The number of hydrogen-bond donors (Lipinski definition) is 1. The molecule has 0 aliphatic heterocycles. The van der Waals surface area contributed by atoms with E-state index in [1.54, 1.807) is 45.0 Å². The first-order chi connectivity index (χ1) is 16.2. The van der Waals surface area contributed by atoms with Gasteiger partial charge in [0.25, 0.3) is 5.91 Å². The Kier molecular flexibility index (Phi) is 8.60. The van der Waals surface area contributed by atoms with Crippen molar-refractivity contribution in [3.05, 3.63) is 67.9 Å². The van der Waals surface area contributed by atoms with Crippen molar-refractivity contribution < 1.29 is 33.0 Å². The van der Waals surface area contributed by atoms with Crippen molar-refractivity contribution in [1.82, 2.24) is 0 Å². The Hall–Kier alpha value is -3.01. The van der Waals surface area contributed by atoms with Gasteiger partial charge in [-0.15, -0.1) is 11.3 Å². The molecule has 3 rings (SSSR count). The topological polar surface area (TPSA) is 104 Å². The fraction of sp³-hybridized carbons (Fsp3) is 0.261. The van der Waals surface area contributed by atoms with Gasteiger partial charge in [0.15, 0.2) is 5.76 Å². The van der Waals surface area contributed by atoms with Gasteiger partial charge in [-0.25, -0.2) is 9.59 Å². The van der Waals surface area contributed by atoms with Gasteiger partial charge in [0.1, 0.15) is 28.0 Å². The number of halogens is 2. The highest BCUT2D eigenvalue weighted by molar-refractivity contribution is 7.18. The summed E-state index contributed by atoms with van der Waals surface area (Å²) in [5.74, 6) is -1.09. The van der Waals surface area contributed by atoms with Crippen LogP contribution in [-0.4, -0.2) is 31.1 Å². The minimum absolute atomic E-state index is 0.0145. The molecule has 0 bridgehead atoms. The normalized spacial score (nSPS) is 10.6. The molecular formula is C23H21Cl2NO7S. The second-order valence-corrected chi connectivity index (χ2v) is 8.65. The molecule has 0 spiro atoms. The summed E-state index contributed by atoms with van der Waals surface area (Å²) in [5.41, 5.74) is 0.460.